The van der Waals surface area contributed by atoms with E-state index in [0.717, 1.165) is 17.7 Å². The third-order valence-electron chi connectivity index (χ3n) is 3.29. The Kier molecular flexibility index (Phi) is 5.36. The van der Waals surface area contributed by atoms with Gasteiger partial charge in [0.1, 0.15) is 5.75 Å². The van der Waals surface area contributed by atoms with Gasteiger partial charge in [-0.05, 0) is 42.7 Å². The molecule has 0 saturated heterocycles. The number of para-hydroxylation sites is 1. The van der Waals surface area contributed by atoms with Gasteiger partial charge >= 0.3 is 0 Å². The van der Waals surface area contributed by atoms with Crippen molar-refractivity contribution in [1.82, 2.24) is 0 Å². The van der Waals surface area contributed by atoms with Crippen LogP contribution in [0.1, 0.15) is 37.3 Å². The number of aryl methyl sites for hydroxylation is 1. The third-order valence-corrected chi connectivity index (χ3v) is 3.29. The lowest BCUT2D eigenvalue weighted by molar-refractivity contribution is 0.474. The summed E-state index contributed by atoms with van der Waals surface area (Å²) < 4.78 is 0. The molecule has 2 aromatic carbocycles. The van der Waals surface area contributed by atoms with Crippen molar-refractivity contribution in [2.75, 3.05) is 0 Å². The normalized spacial score (nSPS) is 11.1. The Labute approximate surface area is 120 Å². The molecule has 2 heteroatoms. The molecule has 0 unspecified atom stereocenters. The van der Waals surface area contributed by atoms with Crippen molar-refractivity contribution in [1.29, 1.82) is 0 Å². The molecule has 0 radical (unpaired) electrons. The summed E-state index contributed by atoms with van der Waals surface area (Å²) in [5.41, 5.74) is 3.01. The average molecular weight is 267 g/mol. The topological polar surface area (TPSA) is 32.6 Å². The first-order valence-corrected chi connectivity index (χ1v) is 7.20. The van der Waals surface area contributed by atoms with E-state index >= 15 is 0 Å². The van der Waals surface area contributed by atoms with Crippen LogP contribution >= 0.6 is 0 Å². The van der Waals surface area contributed by atoms with E-state index in [-0.39, 0.29) is 5.75 Å². The zero-order chi connectivity index (χ0) is 14.2. The number of phenolic OH excluding ortho intramolecular Hbond substituents is 1. The van der Waals surface area contributed by atoms with Crippen LogP contribution in [0.2, 0.25) is 0 Å². The molecule has 0 aliphatic carbocycles. The quantitative estimate of drug-likeness (QED) is 0.587. The molecule has 2 aromatic rings. The molecule has 0 spiro atoms. The molecule has 0 bridgehead atoms. The van der Waals surface area contributed by atoms with Crippen molar-refractivity contribution in [3.63, 3.8) is 0 Å². The van der Waals surface area contributed by atoms with E-state index in [2.05, 4.69) is 24.0 Å². The molecule has 104 valence electrons. The zero-order valence-corrected chi connectivity index (χ0v) is 11.9. The number of unbranched alkanes of at least 4 members (excludes halogenated alkanes) is 2. The van der Waals surface area contributed by atoms with E-state index in [0.29, 0.717) is 0 Å². The minimum Gasteiger partial charge on any atom is -0.507 e. The first-order chi connectivity index (χ1) is 9.79. The maximum atomic E-state index is 9.66. The monoisotopic (exact) mass is 267 g/mol. The lowest BCUT2D eigenvalue weighted by Crippen LogP contribution is -1.84. The van der Waals surface area contributed by atoms with Gasteiger partial charge in [0, 0.05) is 11.8 Å². The molecule has 0 aliphatic heterocycles. The number of aliphatic imine (C=N–C) groups is 1. The van der Waals surface area contributed by atoms with Gasteiger partial charge in [-0.1, -0.05) is 44.0 Å². The Morgan fingerprint density at radius 3 is 2.45 bits per heavy atom. The highest BCUT2D eigenvalue weighted by atomic mass is 16.3. The van der Waals surface area contributed by atoms with E-state index in [9.17, 15) is 5.11 Å². The van der Waals surface area contributed by atoms with Gasteiger partial charge in [-0.25, -0.2) is 0 Å². The maximum Gasteiger partial charge on any atom is 0.124 e. The lowest BCUT2D eigenvalue weighted by Gasteiger charge is -2.01. The zero-order valence-electron chi connectivity index (χ0n) is 11.9. The molecule has 1 N–H and O–H groups in total. The average Bonchev–Trinajstić information content (AvgIpc) is 2.48. The predicted octanol–water partition coefficient (Wildman–Crippen LogP) is 4.88. The second-order valence-electron chi connectivity index (χ2n) is 4.94. The second-order valence-corrected chi connectivity index (χ2v) is 4.94. The molecule has 0 aromatic heterocycles. The summed E-state index contributed by atoms with van der Waals surface area (Å²) in [4.78, 5) is 4.39. The Morgan fingerprint density at radius 1 is 1.00 bits per heavy atom. The number of hydrogen-bond donors (Lipinski definition) is 1. The minimum absolute atomic E-state index is 0.257. The van der Waals surface area contributed by atoms with Gasteiger partial charge in [0.05, 0.1) is 5.69 Å². The molecule has 0 heterocycles. The van der Waals surface area contributed by atoms with Crippen molar-refractivity contribution in [3.05, 3.63) is 59.7 Å². The largest absolute Gasteiger partial charge is 0.507 e. The standard InChI is InChI=1S/C18H21NO/c1-2-3-4-7-15-10-12-17(13-11-15)19-14-16-8-5-6-9-18(16)20/h5-6,8-14,20H,2-4,7H2,1H3. The van der Waals surface area contributed by atoms with Crippen molar-refractivity contribution >= 4 is 11.9 Å². The Hall–Kier alpha value is -2.09. The molecule has 0 atom stereocenters. The molecule has 0 amide bonds. The van der Waals surface area contributed by atoms with Gasteiger partial charge in [-0.15, -0.1) is 0 Å². The molecule has 0 saturated carbocycles. The fourth-order valence-corrected chi connectivity index (χ4v) is 2.07. The summed E-state index contributed by atoms with van der Waals surface area (Å²) in [7, 11) is 0. The Bertz CT molecular complexity index is 558. The van der Waals surface area contributed by atoms with E-state index in [1.807, 2.05) is 24.3 Å². The SMILES string of the molecule is CCCCCc1ccc(N=Cc2ccccc2O)cc1. The number of nitrogens with zero attached hydrogens (tertiary/aromatic N) is 1. The van der Waals surface area contributed by atoms with E-state index < -0.39 is 0 Å². The molecule has 0 aliphatic rings. The highest BCUT2D eigenvalue weighted by molar-refractivity contribution is 5.85. The summed E-state index contributed by atoms with van der Waals surface area (Å²) in [6, 6.07) is 15.5. The van der Waals surface area contributed by atoms with Crippen LogP contribution in [0.15, 0.2) is 53.5 Å². The Balaban J connectivity index is 1.98. The second kappa shape index (κ2) is 7.49. The van der Waals surface area contributed by atoms with Crippen LogP contribution in [-0.4, -0.2) is 11.3 Å². The first-order valence-electron chi connectivity index (χ1n) is 7.20. The highest BCUT2D eigenvalue weighted by Crippen LogP contribution is 2.17. The first kappa shape index (κ1) is 14.3. The molecular weight excluding hydrogens is 246 g/mol. The smallest absolute Gasteiger partial charge is 0.124 e. The van der Waals surface area contributed by atoms with Gasteiger partial charge < -0.3 is 5.11 Å². The van der Waals surface area contributed by atoms with Gasteiger partial charge in [0.15, 0.2) is 0 Å². The van der Waals surface area contributed by atoms with Crippen LogP contribution in [0.25, 0.3) is 0 Å². The highest BCUT2D eigenvalue weighted by Gasteiger charge is 1.96. The molecular formula is C18H21NO. The molecule has 2 rings (SSSR count). The number of rotatable bonds is 6. The van der Waals surface area contributed by atoms with Crippen LogP contribution in [-0.2, 0) is 6.42 Å². The molecule has 20 heavy (non-hydrogen) atoms. The summed E-state index contributed by atoms with van der Waals surface area (Å²) in [5, 5.41) is 9.66. The van der Waals surface area contributed by atoms with Crippen LogP contribution in [0.5, 0.6) is 5.75 Å². The van der Waals surface area contributed by atoms with E-state index in [4.69, 9.17) is 0 Å². The van der Waals surface area contributed by atoms with Gasteiger partial charge in [-0.3, -0.25) is 4.99 Å². The van der Waals surface area contributed by atoms with E-state index in [1.165, 1.54) is 24.8 Å². The van der Waals surface area contributed by atoms with Gasteiger partial charge in [0.25, 0.3) is 0 Å². The summed E-state index contributed by atoms with van der Waals surface area (Å²) >= 11 is 0. The molecule has 0 fully saturated rings. The Morgan fingerprint density at radius 2 is 1.75 bits per heavy atom. The minimum atomic E-state index is 0.257. The summed E-state index contributed by atoms with van der Waals surface area (Å²) in [6.45, 7) is 2.22. The van der Waals surface area contributed by atoms with Crippen molar-refractivity contribution in [2.45, 2.75) is 32.6 Å². The summed E-state index contributed by atoms with van der Waals surface area (Å²) in [6.07, 6.45) is 6.62. The number of benzene rings is 2. The number of aromatic hydroxyl groups is 1. The van der Waals surface area contributed by atoms with Crippen molar-refractivity contribution < 1.29 is 5.11 Å². The van der Waals surface area contributed by atoms with Crippen LogP contribution in [0, 0.1) is 0 Å². The van der Waals surface area contributed by atoms with E-state index in [1.54, 1.807) is 18.3 Å². The predicted molar refractivity (Wildman–Crippen MR) is 85.0 cm³/mol. The van der Waals surface area contributed by atoms with Gasteiger partial charge in [-0.2, -0.15) is 0 Å². The number of hydrogen-bond acceptors (Lipinski definition) is 2. The summed E-state index contributed by atoms with van der Waals surface area (Å²) in [5.74, 6) is 0.257. The van der Waals surface area contributed by atoms with Crippen LogP contribution in [0.3, 0.4) is 0 Å². The lowest BCUT2D eigenvalue weighted by atomic mass is 10.1. The third kappa shape index (κ3) is 4.23. The molecule has 2 nitrogen and oxygen atoms in total. The van der Waals surface area contributed by atoms with Crippen molar-refractivity contribution in [2.24, 2.45) is 4.99 Å². The fraction of sp³-hybridized carbons (Fsp3) is 0.278. The number of phenols is 1. The maximum absolute atomic E-state index is 9.66. The van der Waals surface area contributed by atoms with Crippen LogP contribution in [0.4, 0.5) is 5.69 Å². The van der Waals surface area contributed by atoms with Crippen molar-refractivity contribution in [3.8, 4) is 5.75 Å². The van der Waals surface area contributed by atoms with Crippen LogP contribution < -0.4 is 0 Å². The van der Waals surface area contributed by atoms with Gasteiger partial charge in [0.2, 0.25) is 0 Å². The fourth-order valence-electron chi connectivity index (χ4n) is 2.07.